The Morgan fingerprint density at radius 2 is 2.00 bits per heavy atom. The topological polar surface area (TPSA) is 50.7 Å². The van der Waals surface area contributed by atoms with Crippen molar-refractivity contribution in [2.24, 2.45) is 0 Å². The minimum atomic E-state index is -2.85. The van der Waals surface area contributed by atoms with E-state index in [1.54, 1.807) is 25.3 Å². The SMILES string of the molecule is COCC(CCO)NC(C)c1ccccc1OC(F)F. The van der Waals surface area contributed by atoms with Gasteiger partial charge in [0.2, 0.25) is 0 Å². The molecule has 0 aliphatic rings. The van der Waals surface area contributed by atoms with Crippen LogP contribution in [0.5, 0.6) is 5.75 Å². The Balaban J connectivity index is 2.77. The van der Waals surface area contributed by atoms with Gasteiger partial charge in [-0.3, -0.25) is 0 Å². The Labute approximate surface area is 117 Å². The van der Waals surface area contributed by atoms with Crippen LogP contribution in [0.3, 0.4) is 0 Å². The van der Waals surface area contributed by atoms with Crippen LogP contribution in [0.4, 0.5) is 8.78 Å². The number of ether oxygens (including phenoxy) is 2. The molecule has 0 aliphatic carbocycles. The third-order valence-electron chi connectivity index (χ3n) is 2.93. The molecular weight excluding hydrogens is 268 g/mol. The van der Waals surface area contributed by atoms with Crippen molar-refractivity contribution < 1.29 is 23.4 Å². The zero-order valence-electron chi connectivity index (χ0n) is 11.7. The molecule has 0 bridgehead atoms. The predicted molar refractivity (Wildman–Crippen MR) is 72.0 cm³/mol. The minimum absolute atomic E-state index is 0.0307. The number of benzene rings is 1. The number of nitrogens with one attached hydrogen (secondary N) is 1. The molecule has 0 saturated heterocycles. The number of hydrogen-bond donors (Lipinski definition) is 2. The zero-order valence-corrected chi connectivity index (χ0v) is 11.7. The number of halogens is 2. The van der Waals surface area contributed by atoms with Crippen LogP contribution in [0.2, 0.25) is 0 Å². The highest BCUT2D eigenvalue weighted by molar-refractivity contribution is 5.35. The number of para-hydroxylation sites is 1. The molecule has 2 N–H and O–H groups in total. The van der Waals surface area contributed by atoms with Gasteiger partial charge in [0.05, 0.1) is 6.61 Å². The third kappa shape index (κ3) is 5.40. The molecule has 0 radical (unpaired) electrons. The molecule has 0 aromatic heterocycles. The summed E-state index contributed by atoms with van der Waals surface area (Å²) in [6.07, 6.45) is 0.524. The van der Waals surface area contributed by atoms with Crippen LogP contribution < -0.4 is 10.1 Å². The van der Waals surface area contributed by atoms with E-state index < -0.39 is 6.61 Å². The number of hydrogen-bond acceptors (Lipinski definition) is 4. The number of methoxy groups -OCH3 is 1. The normalized spacial score (nSPS) is 14.3. The van der Waals surface area contributed by atoms with Gasteiger partial charge < -0.3 is 19.9 Å². The quantitative estimate of drug-likeness (QED) is 0.732. The van der Waals surface area contributed by atoms with Gasteiger partial charge in [-0.1, -0.05) is 18.2 Å². The highest BCUT2D eigenvalue weighted by Gasteiger charge is 2.17. The van der Waals surface area contributed by atoms with Crippen molar-refractivity contribution in [3.63, 3.8) is 0 Å². The van der Waals surface area contributed by atoms with Crippen molar-refractivity contribution in [3.05, 3.63) is 29.8 Å². The molecule has 0 aliphatic heterocycles. The first-order chi connectivity index (χ1) is 9.58. The van der Waals surface area contributed by atoms with Crippen LogP contribution in [-0.2, 0) is 4.74 Å². The smallest absolute Gasteiger partial charge is 0.387 e. The summed E-state index contributed by atoms with van der Waals surface area (Å²) < 4.78 is 34.3. The predicted octanol–water partition coefficient (Wildman–Crippen LogP) is 2.34. The van der Waals surface area contributed by atoms with E-state index in [0.29, 0.717) is 18.6 Å². The Bertz CT molecular complexity index is 384. The molecule has 6 heteroatoms. The molecule has 1 aromatic carbocycles. The van der Waals surface area contributed by atoms with Crippen LogP contribution in [0.25, 0.3) is 0 Å². The van der Waals surface area contributed by atoms with Gasteiger partial charge in [0.15, 0.2) is 0 Å². The first-order valence-electron chi connectivity index (χ1n) is 6.48. The van der Waals surface area contributed by atoms with E-state index in [1.165, 1.54) is 6.07 Å². The Kier molecular flexibility index (Phi) is 7.43. The van der Waals surface area contributed by atoms with E-state index in [9.17, 15) is 8.78 Å². The highest BCUT2D eigenvalue weighted by atomic mass is 19.3. The molecule has 0 heterocycles. The summed E-state index contributed by atoms with van der Waals surface area (Å²) in [6, 6.07) is 6.41. The maximum absolute atomic E-state index is 12.4. The first-order valence-corrected chi connectivity index (χ1v) is 6.48. The summed E-state index contributed by atoms with van der Waals surface area (Å²) in [5, 5.41) is 12.2. The van der Waals surface area contributed by atoms with Crippen molar-refractivity contribution in [2.45, 2.75) is 32.0 Å². The van der Waals surface area contributed by atoms with Crippen LogP contribution in [0.1, 0.15) is 24.9 Å². The molecule has 2 atom stereocenters. The molecule has 20 heavy (non-hydrogen) atoms. The maximum atomic E-state index is 12.4. The van der Waals surface area contributed by atoms with Crippen LogP contribution >= 0.6 is 0 Å². The molecule has 0 amide bonds. The van der Waals surface area contributed by atoms with Crippen molar-refractivity contribution >= 4 is 0 Å². The lowest BCUT2D eigenvalue weighted by Crippen LogP contribution is -2.36. The van der Waals surface area contributed by atoms with Gasteiger partial charge >= 0.3 is 6.61 Å². The second kappa shape index (κ2) is 8.84. The van der Waals surface area contributed by atoms with E-state index >= 15 is 0 Å². The standard InChI is InChI=1S/C14H21F2NO3/c1-10(17-11(7-8-18)9-19-2)12-5-3-4-6-13(12)20-14(15)16/h3-6,10-11,14,17-18H,7-9H2,1-2H3. The highest BCUT2D eigenvalue weighted by Crippen LogP contribution is 2.26. The number of aliphatic hydroxyl groups excluding tert-OH is 1. The van der Waals surface area contributed by atoms with Crippen molar-refractivity contribution in [1.82, 2.24) is 5.32 Å². The summed E-state index contributed by atoms with van der Waals surface area (Å²) in [5.74, 6) is 0.155. The zero-order chi connectivity index (χ0) is 15.0. The summed E-state index contributed by atoms with van der Waals surface area (Å²) in [5.41, 5.74) is 0.645. The maximum Gasteiger partial charge on any atom is 0.387 e. The molecule has 0 saturated carbocycles. The van der Waals surface area contributed by atoms with Gasteiger partial charge in [-0.15, -0.1) is 0 Å². The average Bonchev–Trinajstić information content (AvgIpc) is 2.39. The lowest BCUT2D eigenvalue weighted by Gasteiger charge is -2.24. The van der Waals surface area contributed by atoms with Gasteiger partial charge in [0.1, 0.15) is 5.75 Å². The fourth-order valence-electron chi connectivity index (χ4n) is 2.06. The van der Waals surface area contributed by atoms with E-state index in [0.717, 1.165) is 0 Å². The first kappa shape index (κ1) is 16.8. The Hall–Kier alpha value is -1.24. The number of rotatable bonds is 9. The number of alkyl halides is 2. The average molecular weight is 289 g/mol. The lowest BCUT2D eigenvalue weighted by molar-refractivity contribution is -0.0507. The molecule has 2 unspecified atom stereocenters. The molecule has 1 aromatic rings. The van der Waals surface area contributed by atoms with E-state index in [-0.39, 0.29) is 24.4 Å². The van der Waals surface area contributed by atoms with Crippen molar-refractivity contribution in [2.75, 3.05) is 20.3 Å². The van der Waals surface area contributed by atoms with Gasteiger partial charge in [-0.25, -0.2) is 0 Å². The monoisotopic (exact) mass is 289 g/mol. The second-order valence-corrected chi connectivity index (χ2v) is 4.47. The van der Waals surface area contributed by atoms with Crippen LogP contribution in [-0.4, -0.2) is 38.1 Å². The summed E-state index contributed by atoms with van der Waals surface area (Å²) in [4.78, 5) is 0. The summed E-state index contributed by atoms with van der Waals surface area (Å²) in [7, 11) is 1.57. The lowest BCUT2D eigenvalue weighted by atomic mass is 10.1. The summed E-state index contributed by atoms with van der Waals surface area (Å²) >= 11 is 0. The molecule has 1 rings (SSSR count). The Morgan fingerprint density at radius 1 is 1.30 bits per heavy atom. The fourth-order valence-corrected chi connectivity index (χ4v) is 2.06. The van der Waals surface area contributed by atoms with Crippen LogP contribution in [0.15, 0.2) is 24.3 Å². The Morgan fingerprint density at radius 3 is 2.60 bits per heavy atom. The minimum Gasteiger partial charge on any atom is -0.434 e. The van der Waals surface area contributed by atoms with Crippen molar-refractivity contribution in [3.8, 4) is 5.75 Å². The molecular formula is C14H21F2NO3. The van der Waals surface area contributed by atoms with Gasteiger partial charge in [0.25, 0.3) is 0 Å². The van der Waals surface area contributed by atoms with Crippen LogP contribution in [0, 0.1) is 0 Å². The van der Waals surface area contributed by atoms with Gasteiger partial charge in [0, 0.05) is 31.4 Å². The second-order valence-electron chi connectivity index (χ2n) is 4.47. The largest absolute Gasteiger partial charge is 0.434 e. The fraction of sp³-hybridized carbons (Fsp3) is 0.571. The molecule has 114 valence electrons. The van der Waals surface area contributed by atoms with E-state index in [1.807, 2.05) is 6.92 Å². The van der Waals surface area contributed by atoms with E-state index in [4.69, 9.17) is 9.84 Å². The van der Waals surface area contributed by atoms with Gasteiger partial charge in [-0.05, 0) is 19.4 Å². The molecule has 4 nitrogen and oxygen atoms in total. The molecule has 0 fully saturated rings. The van der Waals surface area contributed by atoms with E-state index in [2.05, 4.69) is 10.1 Å². The summed E-state index contributed by atoms with van der Waals surface area (Å²) in [6.45, 7) is -0.532. The number of aliphatic hydroxyl groups is 1. The molecule has 0 spiro atoms. The third-order valence-corrected chi connectivity index (χ3v) is 2.93. The van der Waals surface area contributed by atoms with Gasteiger partial charge in [-0.2, -0.15) is 8.78 Å². The van der Waals surface area contributed by atoms with Crippen molar-refractivity contribution in [1.29, 1.82) is 0 Å².